The van der Waals surface area contributed by atoms with Gasteiger partial charge in [-0.3, -0.25) is 0 Å². The second-order valence-corrected chi connectivity index (χ2v) is 44.2. The van der Waals surface area contributed by atoms with Crippen LogP contribution >= 0.6 is 0 Å². The summed E-state index contributed by atoms with van der Waals surface area (Å²) < 4.78 is 2.45. The van der Waals surface area contributed by atoms with Gasteiger partial charge < -0.3 is 9.55 Å². The fourth-order valence-electron chi connectivity index (χ4n) is 27.1. The Hall–Kier alpha value is -12.6. The minimum atomic E-state index is -0.259. The Morgan fingerprint density at radius 1 is 0.236 bits per heavy atom. The predicted molar refractivity (Wildman–Crippen MR) is 591 cm³/mol. The zero-order chi connectivity index (χ0) is 94.6. The molecule has 0 atom stereocenters. The van der Waals surface area contributed by atoms with Gasteiger partial charge in [-0.1, -0.05) is 392 Å². The molecule has 2 aromatic heterocycles. The maximum atomic E-state index is 4.94. The first kappa shape index (κ1) is 91.2. The molecule has 0 spiro atoms. The third kappa shape index (κ3) is 14.6. The monoisotopic (exact) mass is 1990 g/mol. The van der Waals surface area contributed by atoms with Crippen LogP contribution in [-0.4, -0.2) is 9.55 Å². The van der Waals surface area contributed by atoms with Crippen LogP contribution in [0.25, 0.3) is 183 Å². The summed E-state index contributed by atoms with van der Waals surface area (Å²) in [6.07, 6.45) is 27.3. The van der Waals surface area contributed by atoms with E-state index >= 15 is 0 Å². The molecule has 0 N–H and O–H groups in total. The number of rotatable bonds is 28. The van der Waals surface area contributed by atoms with Gasteiger partial charge in [-0.05, 0) is 339 Å². The van der Waals surface area contributed by atoms with E-state index in [1.54, 1.807) is 22.3 Å². The maximum absolute atomic E-state index is 4.94. The van der Waals surface area contributed by atoms with Gasteiger partial charge in [0.15, 0.2) is 0 Å². The van der Waals surface area contributed by atoms with Gasteiger partial charge in [0.25, 0.3) is 0 Å². The van der Waals surface area contributed by atoms with E-state index in [0.29, 0.717) is 0 Å². The number of benzene rings is 16. The smallest absolute Gasteiger partial charge is 0.0452 e. The largest absolute Gasteiger partial charge is 0.351 e. The van der Waals surface area contributed by atoms with Gasteiger partial charge in [-0.15, -0.1) is 29.8 Å². The minimum Gasteiger partial charge on any atom is -0.351 e. The van der Waals surface area contributed by atoms with E-state index in [2.05, 4.69) is 409 Å². The van der Waals surface area contributed by atoms with Crippen LogP contribution in [0.1, 0.15) is 278 Å². The molecule has 0 fully saturated rings. The van der Waals surface area contributed by atoms with Gasteiger partial charge in [-0.25, -0.2) is 0 Å². The number of hydrogen-bond acceptors (Lipinski definition) is 1. The zero-order valence-electron chi connectivity index (χ0n) is 84.0. The molecular weight excluding hydrogens is 1870 g/mol. The Kier molecular flexibility index (Phi) is 23.2. The van der Waals surface area contributed by atoms with E-state index in [9.17, 15) is 0 Å². The van der Waals surface area contributed by atoms with Crippen molar-refractivity contribution >= 4 is 32.6 Å². The third-order valence-corrected chi connectivity index (χ3v) is 34.8. The summed E-state index contributed by atoms with van der Waals surface area (Å²) in [6.45, 7) is 29.0. The van der Waals surface area contributed by atoms with Crippen molar-refractivity contribution in [3.05, 3.63) is 394 Å². The Morgan fingerprint density at radius 2 is 0.500 bits per heavy atom. The van der Waals surface area contributed by atoms with E-state index in [4.69, 9.17) is 4.98 Å². The van der Waals surface area contributed by atoms with E-state index in [1.165, 1.54) is 323 Å². The van der Waals surface area contributed by atoms with E-state index in [1.807, 2.05) is 6.20 Å². The van der Waals surface area contributed by atoms with Crippen LogP contribution in [0.4, 0.5) is 0 Å². The molecule has 6 aliphatic carbocycles. The predicted octanol–water partition coefficient (Wildman–Crippen LogP) is 38.4. The number of aromatic nitrogens is 2. The van der Waals surface area contributed by atoms with Crippen LogP contribution in [0.5, 0.6) is 0 Å². The van der Waals surface area contributed by atoms with Crippen molar-refractivity contribution in [3.8, 4) is 150 Å². The van der Waals surface area contributed by atoms with Crippen molar-refractivity contribution in [1.82, 2.24) is 9.55 Å². The summed E-state index contributed by atoms with van der Waals surface area (Å²) in [7, 11) is 0. The van der Waals surface area contributed by atoms with Crippen molar-refractivity contribution in [2.45, 2.75) is 244 Å². The summed E-state index contributed by atoms with van der Waals surface area (Å²) >= 11 is 0. The number of nitrogens with zero attached hydrogens (tertiary/aromatic N) is 2. The number of pyridine rings is 1. The fraction of sp³-hybridized carbons (Fsp3) is 0.277. The first-order chi connectivity index (χ1) is 67.7. The fourth-order valence-corrected chi connectivity index (χ4v) is 27.1. The average molecular weight is 2000 g/mol. The van der Waals surface area contributed by atoms with Crippen molar-refractivity contribution in [1.29, 1.82) is 0 Å². The normalized spacial score (nSPS) is 15.1. The molecule has 0 saturated heterocycles. The Morgan fingerprint density at radius 3 is 0.800 bits per heavy atom. The number of hydrogen-bond donors (Lipinski definition) is 0. The molecule has 6 aliphatic rings. The van der Waals surface area contributed by atoms with Crippen LogP contribution in [0.3, 0.4) is 0 Å². The Balaban J connectivity index is 0.0000109. The van der Waals surface area contributed by atoms with Gasteiger partial charge in [0.2, 0.25) is 0 Å². The standard InChI is InChI=1S/C137H129N2.Ir/c1-13-17-21-31-70-136(71-32-22-18-14-2)117-39-29-27-37-103(117)113-65-51-99(85-127(113)136)97-49-63-111-109-61-47-95(81-123(109)134(9,10)125(111)83-97)93-45-59-107-105-57-43-91(77-119(105)132(5,6)121(107)79-93)89-53-67-129-115(75-89)116-76-90(54-68-130(116)139(129)101-55-41-88(42-56-101)131-102-36-26-25-35-87(102)69-74-138-131)92-44-58-106-108-60-46-94(80-122(108)133(7,8)120(106)78-92)96-48-62-110-112-64-50-98(84-126(112)135(11,12)124(110)82-96)100-52-66-114-104-38-28-30-40-118(104)137(128(114)86-100,72-33-23-19-15-3)73-34-24-20-16-4;/h25-30,35-41,43-69,74-86H,13-24,31-34,70-73H2,1-12H3;/q-1;. The molecule has 16 aromatic carbocycles. The number of fused-ring (bicyclic) bond motifs is 22. The second kappa shape index (κ2) is 35.6. The molecule has 0 amide bonds. The molecule has 0 unspecified atom stereocenters. The summed E-state index contributed by atoms with van der Waals surface area (Å²) in [6, 6.07) is 128. The molecule has 0 saturated carbocycles. The van der Waals surface area contributed by atoms with Gasteiger partial charge in [0, 0.05) is 80.6 Å². The molecule has 697 valence electrons. The zero-order valence-corrected chi connectivity index (χ0v) is 86.4. The molecule has 1 radical (unpaired) electrons. The molecule has 18 aromatic rings. The van der Waals surface area contributed by atoms with E-state index in [0.717, 1.165) is 33.4 Å². The van der Waals surface area contributed by atoms with Crippen molar-refractivity contribution in [2.24, 2.45) is 0 Å². The number of unbranched alkanes of at least 4 members (excludes halogenated alkanes) is 12. The molecule has 0 bridgehead atoms. The summed E-state index contributed by atoms with van der Waals surface area (Å²) in [5.41, 5.74) is 53.6. The molecule has 2 heterocycles. The molecule has 24 rings (SSSR count). The first-order valence-corrected chi connectivity index (χ1v) is 52.8. The Bertz CT molecular complexity index is 7570. The van der Waals surface area contributed by atoms with Crippen LogP contribution in [0.15, 0.2) is 322 Å². The molecule has 140 heavy (non-hydrogen) atoms. The van der Waals surface area contributed by atoms with Crippen molar-refractivity contribution in [3.63, 3.8) is 0 Å². The van der Waals surface area contributed by atoms with Gasteiger partial charge in [-0.2, -0.15) is 0 Å². The van der Waals surface area contributed by atoms with E-state index < -0.39 is 0 Å². The topological polar surface area (TPSA) is 17.8 Å². The quantitative estimate of drug-likeness (QED) is 0.0353. The SMILES string of the molecule is CCCCCCC1(CCCCCC)c2ccccc2-c2ccc(-c3ccc4c(c3)C(C)(C)c3cc(-c5ccc6c(c5)C(C)(C)c5cc(-c7ccc8c(c7)c7cc(-c9ccc%10c(c9)C(C)(C)c9cc(-c%11ccc%12c(c%11)C(C)(C)c%11cc(-c%13ccc%14c(c%13)C(CCCCCC)(CCCCCC)c%13ccccc%13-%14)ccc%11-%12)ccc9-%10)ccc7n8-c7c[c-]c(-c8nccc9ccccc89)cc7)ccc5-6)ccc3-4)cc21.[Ir]. The summed E-state index contributed by atoms with van der Waals surface area (Å²) in [4.78, 5) is 4.94. The van der Waals surface area contributed by atoms with Crippen LogP contribution in [-0.2, 0) is 52.6 Å². The molecular formula is C137H129IrN2-. The summed E-state index contributed by atoms with van der Waals surface area (Å²) in [5.74, 6) is 0. The van der Waals surface area contributed by atoms with Gasteiger partial charge in [0.1, 0.15) is 0 Å². The molecule has 0 aliphatic heterocycles. The van der Waals surface area contributed by atoms with Crippen molar-refractivity contribution in [2.75, 3.05) is 0 Å². The minimum absolute atomic E-state index is 0. The van der Waals surface area contributed by atoms with Gasteiger partial charge >= 0.3 is 0 Å². The first-order valence-electron chi connectivity index (χ1n) is 52.8. The van der Waals surface area contributed by atoms with Crippen LogP contribution in [0, 0.1) is 6.07 Å². The average Bonchev–Trinajstić information content (AvgIpc) is 1.56. The van der Waals surface area contributed by atoms with Crippen LogP contribution in [0.2, 0.25) is 0 Å². The van der Waals surface area contributed by atoms with Crippen molar-refractivity contribution < 1.29 is 20.1 Å². The van der Waals surface area contributed by atoms with E-state index in [-0.39, 0.29) is 52.6 Å². The second-order valence-electron chi connectivity index (χ2n) is 44.2. The van der Waals surface area contributed by atoms with Gasteiger partial charge in [0.05, 0.1) is 0 Å². The van der Waals surface area contributed by atoms with Crippen LogP contribution < -0.4 is 0 Å². The third-order valence-electron chi connectivity index (χ3n) is 34.8. The molecule has 2 nitrogen and oxygen atoms in total. The molecule has 3 heteroatoms. The maximum Gasteiger partial charge on any atom is 0.0452 e. The summed E-state index contributed by atoms with van der Waals surface area (Å²) in [5, 5.41) is 4.72. The Labute approximate surface area is 844 Å².